The number of carboxylic acid groups (broad SMARTS) is 1. The molecule has 0 radical (unpaired) electrons. The normalized spacial score (nSPS) is 15.4. The van der Waals surface area contributed by atoms with Crippen molar-refractivity contribution < 1.29 is 19.5 Å². The minimum absolute atomic E-state index is 0.296. The van der Waals surface area contributed by atoms with Gasteiger partial charge in [0.2, 0.25) is 0 Å². The molecule has 0 aliphatic carbocycles. The van der Waals surface area contributed by atoms with E-state index in [4.69, 9.17) is 0 Å². The van der Waals surface area contributed by atoms with Crippen LogP contribution in [-0.4, -0.2) is 29.2 Å². The van der Waals surface area contributed by atoms with Crippen molar-refractivity contribution in [2.45, 2.75) is 13.8 Å². The van der Waals surface area contributed by atoms with Gasteiger partial charge in [0.05, 0.1) is 12.5 Å². The molecule has 5 nitrogen and oxygen atoms in total. The van der Waals surface area contributed by atoms with Crippen LogP contribution in [0.15, 0.2) is 42.5 Å². The quantitative estimate of drug-likeness (QED) is 0.631. The molecule has 0 spiro atoms. The Balaban J connectivity index is 2.20. The summed E-state index contributed by atoms with van der Waals surface area (Å²) in [6, 6.07) is 12.6. The summed E-state index contributed by atoms with van der Waals surface area (Å²) in [5.74, 6) is -2.73. The summed E-state index contributed by atoms with van der Waals surface area (Å²) >= 11 is 0. The molecule has 0 saturated carbocycles. The molecule has 3 rings (SSSR count). The molecule has 2 amide bonds. The Labute approximate surface area is 145 Å². The minimum Gasteiger partial charge on any atom is -0.548 e. The SMILES string of the molecule is Cc1ccc(C)c(/C=C2\C(=O)N(CC(=O)[O-])C(=O)c3ccccc32)c1. The molecular weight excluding hydrogens is 318 g/mol. The van der Waals surface area contributed by atoms with E-state index in [0.717, 1.165) is 16.7 Å². The summed E-state index contributed by atoms with van der Waals surface area (Å²) in [5.41, 5.74) is 3.97. The van der Waals surface area contributed by atoms with Crippen molar-refractivity contribution in [3.8, 4) is 0 Å². The van der Waals surface area contributed by atoms with Crippen molar-refractivity contribution in [1.29, 1.82) is 0 Å². The molecule has 5 heteroatoms. The number of aryl methyl sites for hydroxylation is 2. The number of rotatable bonds is 3. The predicted molar refractivity (Wildman–Crippen MR) is 91.3 cm³/mol. The van der Waals surface area contributed by atoms with Gasteiger partial charge in [0.25, 0.3) is 11.8 Å². The molecule has 1 aliphatic heterocycles. The van der Waals surface area contributed by atoms with Gasteiger partial charge in [-0.25, -0.2) is 0 Å². The van der Waals surface area contributed by atoms with Crippen molar-refractivity contribution >= 4 is 29.4 Å². The first-order valence-electron chi connectivity index (χ1n) is 7.83. The molecule has 0 saturated heterocycles. The number of aliphatic carboxylic acids is 1. The number of carbonyl (C=O) groups is 3. The number of hydrogen-bond acceptors (Lipinski definition) is 4. The first-order valence-corrected chi connectivity index (χ1v) is 7.83. The summed E-state index contributed by atoms with van der Waals surface area (Å²) in [7, 11) is 0. The molecule has 2 aromatic carbocycles. The van der Waals surface area contributed by atoms with Crippen molar-refractivity contribution in [3.05, 3.63) is 70.3 Å². The number of fused-ring (bicyclic) bond motifs is 1. The van der Waals surface area contributed by atoms with E-state index in [9.17, 15) is 19.5 Å². The Hall–Kier alpha value is -3.21. The molecule has 1 heterocycles. The standard InChI is InChI=1S/C20H17NO4/c1-12-7-8-13(2)14(9-12)10-17-15-5-3-4-6-16(15)19(24)21(20(17)25)11-18(22)23/h3-10H,11H2,1-2H3,(H,22,23)/p-1/b17-10-. The highest BCUT2D eigenvalue weighted by atomic mass is 16.4. The van der Waals surface area contributed by atoms with Crippen LogP contribution in [0.3, 0.4) is 0 Å². The highest BCUT2D eigenvalue weighted by Crippen LogP contribution is 2.31. The molecule has 0 fully saturated rings. The Morgan fingerprint density at radius 2 is 1.72 bits per heavy atom. The van der Waals surface area contributed by atoms with Crippen LogP contribution in [0.2, 0.25) is 0 Å². The number of carbonyl (C=O) groups excluding carboxylic acids is 3. The molecule has 2 aromatic rings. The third-order valence-corrected chi connectivity index (χ3v) is 4.19. The van der Waals surface area contributed by atoms with Gasteiger partial charge < -0.3 is 9.90 Å². The zero-order chi connectivity index (χ0) is 18.1. The summed E-state index contributed by atoms with van der Waals surface area (Å²) in [5, 5.41) is 11.0. The van der Waals surface area contributed by atoms with Crippen LogP contribution in [0.25, 0.3) is 11.6 Å². The Morgan fingerprint density at radius 1 is 1.04 bits per heavy atom. The molecule has 0 N–H and O–H groups in total. The van der Waals surface area contributed by atoms with Crippen LogP contribution < -0.4 is 5.11 Å². The predicted octanol–water partition coefficient (Wildman–Crippen LogP) is 1.58. The Morgan fingerprint density at radius 3 is 2.40 bits per heavy atom. The van der Waals surface area contributed by atoms with Gasteiger partial charge in [-0.1, -0.05) is 42.0 Å². The molecule has 0 atom stereocenters. The first kappa shape index (κ1) is 16.6. The average Bonchev–Trinajstić information content (AvgIpc) is 2.58. The second-order valence-corrected chi connectivity index (χ2v) is 6.03. The van der Waals surface area contributed by atoms with Crippen molar-refractivity contribution in [2.75, 3.05) is 6.54 Å². The lowest BCUT2D eigenvalue weighted by atomic mass is 9.91. The smallest absolute Gasteiger partial charge is 0.261 e. The van der Waals surface area contributed by atoms with E-state index in [1.165, 1.54) is 0 Å². The lowest BCUT2D eigenvalue weighted by Gasteiger charge is -2.29. The lowest BCUT2D eigenvalue weighted by molar-refractivity contribution is -0.305. The third-order valence-electron chi connectivity index (χ3n) is 4.19. The summed E-state index contributed by atoms with van der Waals surface area (Å²) in [6.45, 7) is 3.11. The van der Waals surface area contributed by atoms with Crippen molar-refractivity contribution in [1.82, 2.24) is 4.90 Å². The van der Waals surface area contributed by atoms with E-state index in [1.807, 2.05) is 32.0 Å². The fourth-order valence-electron chi connectivity index (χ4n) is 2.89. The van der Waals surface area contributed by atoms with Gasteiger partial charge in [0, 0.05) is 11.1 Å². The highest BCUT2D eigenvalue weighted by molar-refractivity contribution is 6.34. The van der Waals surface area contributed by atoms with Gasteiger partial charge in [0.15, 0.2) is 0 Å². The minimum atomic E-state index is -1.48. The van der Waals surface area contributed by atoms with Crippen LogP contribution in [0.5, 0.6) is 0 Å². The van der Waals surface area contributed by atoms with Gasteiger partial charge in [-0.05, 0) is 42.7 Å². The van der Waals surface area contributed by atoms with Gasteiger partial charge in [-0.2, -0.15) is 0 Å². The van der Waals surface area contributed by atoms with E-state index in [-0.39, 0.29) is 0 Å². The maximum absolute atomic E-state index is 12.8. The topological polar surface area (TPSA) is 77.5 Å². The molecular formula is C20H16NO4-. The Bertz CT molecular complexity index is 927. The van der Waals surface area contributed by atoms with E-state index < -0.39 is 24.3 Å². The van der Waals surface area contributed by atoms with E-state index in [0.29, 0.717) is 21.6 Å². The average molecular weight is 334 g/mol. The van der Waals surface area contributed by atoms with Gasteiger partial charge >= 0.3 is 0 Å². The number of nitrogens with zero attached hydrogens (tertiary/aromatic N) is 1. The van der Waals surface area contributed by atoms with Crippen LogP contribution in [-0.2, 0) is 9.59 Å². The summed E-state index contributed by atoms with van der Waals surface area (Å²) in [6.07, 6.45) is 1.71. The van der Waals surface area contributed by atoms with E-state index in [1.54, 1.807) is 30.3 Å². The molecule has 0 bridgehead atoms. The highest BCUT2D eigenvalue weighted by Gasteiger charge is 2.34. The maximum Gasteiger partial charge on any atom is 0.261 e. The van der Waals surface area contributed by atoms with Crippen LogP contribution in [0, 0.1) is 13.8 Å². The fourth-order valence-corrected chi connectivity index (χ4v) is 2.89. The van der Waals surface area contributed by atoms with Crippen molar-refractivity contribution in [3.63, 3.8) is 0 Å². The zero-order valence-corrected chi connectivity index (χ0v) is 13.9. The molecule has 0 aromatic heterocycles. The molecule has 25 heavy (non-hydrogen) atoms. The van der Waals surface area contributed by atoms with Gasteiger partial charge in [0.1, 0.15) is 0 Å². The first-order chi connectivity index (χ1) is 11.9. The summed E-state index contributed by atoms with van der Waals surface area (Å²) in [4.78, 5) is 36.9. The Kier molecular flexibility index (Phi) is 4.23. The zero-order valence-electron chi connectivity index (χ0n) is 13.9. The van der Waals surface area contributed by atoms with E-state index in [2.05, 4.69) is 0 Å². The molecule has 1 aliphatic rings. The van der Waals surface area contributed by atoms with Gasteiger partial charge in [-0.3, -0.25) is 14.5 Å². The number of imide groups is 1. The van der Waals surface area contributed by atoms with Crippen molar-refractivity contribution in [2.24, 2.45) is 0 Å². The lowest BCUT2D eigenvalue weighted by Crippen LogP contribution is -2.47. The van der Waals surface area contributed by atoms with E-state index >= 15 is 0 Å². The van der Waals surface area contributed by atoms with Gasteiger partial charge in [-0.15, -0.1) is 0 Å². The number of benzene rings is 2. The van der Waals surface area contributed by atoms with Crippen LogP contribution >= 0.6 is 0 Å². The fraction of sp³-hybridized carbons (Fsp3) is 0.150. The maximum atomic E-state index is 12.8. The van der Waals surface area contributed by atoms with Crippen LogP contribution in [0.4, 0.5) is 0 Å². The number of hydrogen-bond donors (Lipinski definition) is 0. The largest absolute Gasteiger partial charge is 0.548 e. The summed E-state index contributed by atoms with van der Waals surface area (Å²) < 4.78 is 0. The molecule has 0 unspecified atom stereocenters. The second kappa shape index (κ2) is 6.36. The third kappa shape index (κ3) is 3.08. The molecule has 126 valence electrons. The number of carboxylic acids is 1. The number of amides is 2. The second-order valence-electron chi connectivity index (χ2n) is 6.03. The van der Waals surface area contributed by atoms with Crippen LogP contribution in [0.1, 0.15) is 32.6 Å². The monoisotopic (exact) mass is 334 g/mol.